The molecule has 4 heteroatoms. The van der Waals surface area contributed by atoms with Gasteiger partial charge >= 0.3 is 0 Å². The lowest BCUT2D eigenvalue weighted by molar-refractivity contribution is 0.387. The van der Waals surface area contributed by atoms with E-state index in [0.29, 0.717) is 12.3 Å². The molecule has 0 spiro atoms. The number of methoxy groups -OCH3 is 1. The highest BCUT2D eigenvalue weighted by Crippen LogP contribution is 2.11. The van der Waals surface area contributed by atoms with Crippen molar-refractivity contribution in [1.29, 1.82) is 0 Å². The Bertz CT molecular complexity index is 250. The smallest absolute Gasteiger partial charge is 0.235 e. The van der Waals surface area contributed by atoms with Crippen LogP contribution in [0.1, 0.15) is 12.6 Å². The van der Waals surface area contributed by atoms with E-state index in [1.807, 2.05) is 6.92 Å². The van der Waals surface area contributed by atoms with E-state index in [1.165, 1.54) is 0 Å². The van der Waals surface area contributed by atoms with Gasteiger partial charge in [0.15, 0.2) is 0 Å². The summed E-state index contributed by atoms with van der Waals surface area (Å²) in [7, 11) is 1.58. The Hall–Kier alpha value is -1.16. The van der Waals surface area contributed by atoms with E-state index in [4.69, 9.17) is 10.5 Å². The minimum atomic E-state index is 0.0793. The second-order valence-corrected chi connectivity index (χ2v) is 2.69. The van der Waals surface area contributed by atoms with Crippen LogP contribution in [0.3, 0.4) is 0 Å². The molecule has 0 saturated heterocycles. The van der Waals surface area contributed by atoms with Gasteiger partial charge in [0, 0.05) is 24.9 Å². The standard InChI is InChI=1S/C8H13N3O/c1-6(9)5-7-8(12-2)11-4-3-10-7/h3-4,6H,5,9H2,1-2H3. The van der Waals surface area contributed by atoms with Crippen LogP contribution in [0.2, 0.25) is 0 Å². The first-order chi connectivity index (χ1) is 5.74. The van der Waals surface area contributed by atoms with Crippen molar-refractivity contribution in [1.82, 2.24) is 9.97 Å². The molecule has 0 bridgehead atoms. The lowest BCUT2D eigenvalue weighted by Crippen LogP contribution is -2.19. The molecule has 1 aromatic heterocycles. The Kier molecular flexibility index (Phi) is 2.99. The van der Waals surface area contributed by atoms with Crippen molar-refractivity contribution in [2.24, 2.45) is 5.73 Å². The zero-order valence-electron chi connectivity index (χ0n) is 7.32. The first-order valence-corrected chi connectivity index (χ1v) is 3.83. The zero-order chi connectivity index (χ0) is 8.97. The van der Waals surface area contributed by atoms with Gasteiger partial charge in [-0.05, 0) is 6.92 Å². The Morgan fingerprint density at radius 2 is 2.17 bits per heavy atom. The predicted molar refractivity (Wildman–Crippen MR) is 45.9 cm³/mol. The molecule has 0 aliphatic heterocycles. The fraction of sp³-hybridized carbons (Fsp3) is 0.500. The number of nitrogens with two attached hydrogens (primary N) is 1. The molecule has 0 radical (unpaired) electrons. The molecule has 1 aromatic rings. The van der Waals surface area contributed by atoms with Crippen LogP contribution in [-0.2, 0) is 6.42 Å². The Labute approximate surface area is 71.8 Å². The van der Waals surface area contributed by atoms with Crippen molar-refractivity contribution < 1.29 is 4.74 Å². The molecule has 1 heterocycles. The van der Waals surface area contributed by atoms with Crippen LogP contribution in [0.15, 0.2) is 12.4 Å². The maximum atomic E-state index is 5.62. The van der Waals surface area contributed by atoms with E-state index < -0.39 is 0 Å². The average Bonchev–Trinajstić information content (AvgIpc) is 2.04. The van der Waals surface area contributed by atoms with Gasteiger partial charge in [-0.15, -0.1) is 0 Å². The molecule has 1 atom stereocenters. The number of nitrogens with zero attached hydrogens (tertiary/aromatic N) is 2. The Balaban J connectivity index is 2.82. The Morgan fingerprint density at radius 3 is 2.75 bits per heavy atom. The van der Waals surface area contributed by atoms with E-state index in [9.17, 15) is 0 Å². The third-order valence-electron chi connectivity index (χ3n) is 1.44. The maximum absolute atomic E-state index is 5.62. The summed E-state index contributed by atoms with van der Waals surface area (Å²) in [5.41, 5.74) is 6.44. The van der Waals surface area contributed by atoms with Gasteiger partial charge in [-0.1, -0.05) is 0 Å². The van der Waals surface area contributed by atoms with Crippen molar-refractivity contribution in [3.05, 3.63) is 18.1 Å². The topological polar surface area (TPSA) is 61.0 Å². The molecule has 2 N–H and O–H groups in total. The first kappa shape index (κ1) is 8.93. The molecule has 0 aliphatic carbocycles. The van der Waals surface area contributed by atoms with Gasteiger partial charge in [-0.3, -0.25) is 4.98 Å². The summed E-state index contributed by atoms with van der Waals surface area (Å²) in [4.78, 5) is 8.13. The summed E-state index contributed by atoms with van der Waals surface area (Å²) in [5, 5.41) is 0. The van der Waals surface area contributed by atoms with Gasteiger partial charge in [0.25, 0.3) is 0 Å². The summed E-state index contributed by atoms with van der Waals surface area (Å²) in [6.45, 7) is 1.92. The summed E-state index contributed by atoms with van der Waals surface area (Å²) < 4.78 is 5.02. The van der Waals surface area contributed by atoms with Crippen LogP contribution in [0, 0.1) is 0 Å². The van der Waals surface area contributed by atoms with Crippen LogP contribution in [-0.4, -0.2) is 23.1 Å². The van der Waals surface area contributed by atoms with Crippen LogP contribution in [0.25, 0.3) is 0 Å². The van der Waals surface area contributed by atoms with Crippen LogP contribution in [0.4, 0.5) is 0 Å². The third-order valence-corrected chi connectivity index (χ3v) is 1.44. The van der Waals surface area contributed by atoms with E-state index in [0.717, 1.165) is 5.69 Å². The van der Waals surface area contributed by atoms with E-state index in [1.54, 1.807) is 19.5 Å². The largest absolute Gasteiger partial charge is 0.480 e. The molecule has 66 valence electrons. The highest BCUT2D eigenvalue weighted by atomic mass is 16.5. The molecule has 0 aromatic carbocycles. The molecule has 0 amide bonds. The van der Waals surface area contributed by atoms with Crippen molar-refractivity contribution in [3.63, 3.8) is 0 Å². The highest BCUT2D eigenvalue weighted by molar-refractivity contribution is 5.17. The van der Waals surface area contributed by atoms with Crippen molar-refractivity contribution >= 4 is 0 Å². The minimum Gasteiger partial charge on any atom is -0.480 e. The van der Waals surface area contributed by atoms with E-state index >= 15 is 0 Å². The fourth-order valence-electron chi connectivity index (χ4n) is 0.970. The second-order valence-electron chi connectivity index (χ2n) is 2.69. The van der Waals surface area contributed by atoms with Crippen LogP contribution < -0.4 is 10.5 Å². The van der Waals surface area contributed by atoms with Gasteiger partial charge < -0.3 is 10.5 Å². The first-order valence-electron chi connectivity index (χ1n) is 3.83. The molecule has 0 aliphatic rings. The van der Waals surface area contributed by atoms with Crippen molar-refractivity contribution in [3.8, 4) is 5.88 Å². The summed E-state index contributed by atoms with van der Waals surface area (Å²) in [5.74, 6) is 0.565. The van der Waals surface area contributed by atoms with Gasteiger partial charge in [-0.25, -0.2) is 4.98 Å². The normalized spacial score (nSPS) is 12.6. The second kappa shape index (κ2) is 4.01. The van der Waals surface area contributed by atoms with E-state index in [2.05, 4.69) is 9.97 Å². The molecule has 4 nitrogen and oxygen atoms in total. The number of hydrogen-bond donors (Lipinski definition) is 1. The van der Waals surface area contributed by atoms with Gasteiger partial charge in [-0.2, -0.15) is 0 Å². The number of ether oxygens (including phenoxy) is 1. The molecular weight excluding hydrogens is 154 g/mol. The number of rotatable bonds is 3. The minimum absolute atomic E-state index is 0.0793. The van der Waals surface area contributed by atoms with Crippen LogP contribution >= 0.6 is 0 Å². The lowest BCUT2D eigenvalue weighted by Gasteiger charge is -2.07. The monoisotopic (exact) mass is 167 g/mol. The molecule has 1 unspecified atom stereocenters. The van der Waals surface area contributed by atoms with E-state index in [-0.39, 0.29) is 6.04 Å². The van der Waals surface area contributed by atoms with Gasteiger partial charge in [0.2, 0.25) is 5.88 Å². The molecule has 0 saturated carbocycles. The molecular formula is C8H13N3O. The fourth-order valence-corrected chi connectivity index (χ4v) is 0.970. The SMILES string of the molecule is COc1nccnc1CC(C)N. The summed E-state index contributed by atoms with van der Waals surface area (Å²) >= 11 is 0. The van der Waals surface area contributed by atoms with Crippen LogP contribution in [0.5, 0.6) is 5.88 Å². The van der Waals surface area contributed by atoms with Crippen molar-refractivity contribution in [2.75, 3.05) is 7.11 Å². The summed E-state index contributed by atoms with van der Waals surface area (Å²) in [6, 6.07) is 0.0793. The quantitative estimate of drug-likeness (QED) is 0.706. The molecule has 12 heavy (non-hydrogen) atoms. The third kappa shape index (κ3) is 2.17. The number of hydrogen-bond acceptors (Lipinski definition) is 4. The average molecular weight is 167 g/mol. The molecule has 1 rings (SSSR count). The molecule has 0 fully saturated rings. The number of aromatic nitrogens is 2. The van der Waals surface area contributed by atoms with Gasteiger partial charge in [0.1, 0.15) is 5.69 Å². The zero-order valence-corrected chi connectivity index (χ0v) is 7.32. The predicted octanol–water partition coefficient (Wildman–Crippen LogP) is 0.375. The Morgan fingerprint density at radius 1 is 1.50 bits per heavy atom. The van der Waals surface area contributed by atoms with Crippen molar-refractivity contribution in [2.45, 2.75) is 19.4 Å². The lowest BCUT2D eigenvalue weighted by atomic mass is 10.2. The highest BCUT2D eigenvalue weighted by Gasteiger charge is 2.06. The van der Waals surface area contributed by atoms with Gasteiger partial charge in [0.05, 0.1) is 7.11 Å². The maximum Gasteiger partial charge on any atom is 0.235 e. The summed E-state index contributed by atoms with van der Waals surface area (Å²) in [6.07, 6.45) is 3.93.